The van der Waals surface area contributed by atoms with E-state index in [1.165, 1.54) is 17.2 Å². The predicted molar refractivity (Wildman–Crippen MR) is 100.0 cm³/mol. The Morgan fingerprint density at radius 1 is 1.29 bits per heavy atom. The van der Waals surface area contributed by atoms with E-state index in [-0.39, 0.29) is 24.9 Å². The van der Waals surface area contributed by atoms with Crippen molar-refractivity contribution < 1.29 is 28.3 Å². The van der Waals surface area contributed by atoms with Gasteiger partial charge in [-0.25, -0.2) is 15.0 Å². The molecule has 2 aromatic rings. The highest BCUT2D eigenvalue weighted by Crippen LogP contribution is 2.40. The lowest BCUT2D eigenvalue weighted by atomic mass is 10.1. The van der Waals surface area contributed by atoms with Crippen molar-refractivity contribution >= 4 is 24.8 Å². The number of imidazole rings is 1. The first kappa shape index (κ1) is 22.7. The summed E-state index contributed by atoms with van der Waals surface area (Å²) < 4.78 is 29.1. The molecule has 3 N–H and O–H groups in total. The number of hydrogen-bond donors (Lipinski definition) is 2. The van der Waals surface area contributed by atoms with Gasteiger partial charge in [0.2, 0.25) is 0 Å². The quantitative estimate of drug-likeness (QED) is 0.510. The molecule has 0 radical (unpaired) electrons. The van der Waals surface area contributed by atoms with E-state index in [1.807, 2.05) is 13.8 Å². The number of aliphatic hydroxyl groups excluding tert-OH is 1. The molecule has 0 amide bonds. The van der Waals surface area contributed by atoms with Gasteiger partial charge in [0, 0.05) is 0 Å². The maximum absolute atomic E-state index is 11.9. The zero-order valence-corrected chi connectivity index (χ0v) is 17.3. The molecule has 0 aliphatic carbocycles. The van der Waals surface area contributed by atoms with Gasteiger partial charge in [0.1, 0.15) is 11.8 Å². The average Bonchev–Trinajstić information content (AvgIpc) is 3.01. The minimum atomic E-state index is -4.45. The molecule has 3 atom stereocenters. The van der Waals surface area contributed by atoms with Crippen LogP contribution in [0.2, 0.25) is 0 Å². The van der Waals surface area contributed by atoms with Crippen molar-refractivity contribution in [2.75, 3.05) is 18.9 Å². The van der Waals surface area contributed by atoms with Crippen molar-refractivity contribution in [1.29, 1.82) is 0 Å². The van der Waals surface area contributed by atoms with Gasteiger partial charge in [0.25, 0.3) is 7.82 Å². The summed E-state index contributed by atoms with van der Waals surface area (Å²) in [5.41, 5.74) is 6.57. The van der Waals surface area contributed by atoms with Gasteiger partial charge in [0.05, 0.1) is 31.7 Å². The molecule has 12 heteroatoms. The Hall–Kier alpha value is -1.62. The molecule has 1 unspecified atom stereocenters. The summed E-state index contributed by atoms with van der Waals surface area (Å²) in [6, 6.07) is 0. The first-order chi connectivity index (χ1) is 13.1. The zero-order chi connectivity index (χ0) is 20.9. The van der Waals surface area contributed by atoms with Crippen LogP contribution < -0.4 is 10.6 Å². The van der Waals surface area contributed by atoms with Gasteiger partial charge in [0.15, 0.2) is 17.7 Å². The molecule has 0 aliphatic rings. The Morgan fingerprint density at radius 2 is 2.00 bits per heavy atom. The largest absolute Gasteiger partial charge is 0.756 e. The molecule has 0 fully saturated rings. The third-order valence-corrected chi connectivity index (χ3v) is 4.84. The molecule has 0 aliphatic heterocycles. The van der Waals surface area contributed by atoms with Crippen molar-refractivity contribution in [3.63, 3.8) is 0 Å². The number of aliphatic hydroxyl groups is 1. The maximum Gasteiger partial charge on any atom is 0.268 e. The Bertz CT molecular complexity index is 814. The lowest BCUT2D eigenvalue weighted by Gasteiger charge is -2.30. The van der Waals surface area contributed by atoms with Gasteiger partial charge >= 0.3 is 0 Å². The van der Waals surface area contributed by atoms with Gasteiger partial charge in [-0.2, -0.15) is 0 Å². The van der Waals surface area contributed by atoms with Gasteiger partial charge in [-0.1, -0.05) is 13.8 Å². The van der Waals surface area contributed by atoms with Crippen LogP contribution in [0.25, 0.3) is 11.2 Å². The van der Waals surface area contributed by atoms with Crippen molar-refractivity contribution in [3.8, 4) is 0 Å². The van der Waals surface area contributed by atoms with E-state index in [0.29, 0.717) is 17.6 Å². The normalized spacial score (nSPS) is 16.6. The number of nitrogens with zero attached hydrogens (tertiary/aromatic N) is 4. The van der Waals surface area contributed by atoms with Crippen LogP contribution in [0, 0.1) is 5.92 Å². The molecule has 2 heterocycles. The van der Waals surface area contributed by atoms with Crippen LogP contribution in [0.3, 0.4) is 0 Å². The fourth-order valence-corrected chi connectivity index (χ4v) is 3.58. The molecule has 0 saturated heterocycles. The van der Waals surface area contributed by atoms with E-state index in [4.69, 9.17) is 19.5 Å². The SMILES string of the molecule is CC(C)C[C@H](COP(=O)([O-])OC(C)C)O[C@H](CO)n1cnc2c(N)ncnc21. The van der Waals surface area contributed by atoms with Gasteiger partial charge in [-0.15, -0.1) is 0 Å². The lowest BCUT2D eigenvalue weighted by Crippen LogP contribution is -2.29. The number of nitrogen functional groups attached to an aromatic ring is 1. The highest BCUT2D eigenvalue weighted by atomic mass is 31.2. The number of nitrogens with two attached hydrogens (primary N) is 1. The van der Waals surface area contributed by atoms with Crippen LogP contribution >= 0.6 is 7.82 Å². The number of rotatable bonds is 11. The smallest absolute Gasteiger partial charge is 0.268 e. The highest BCUT2D eigenvalue weighted by Gasteiger charge is 2.24. The predicted octanol–water partition coefficient (Wildman–Crippen LogP) is 1.24. The summed E-state index contributed by atoms with van der Waals surface area (Å²) in [7, 11) is -4.45. The van der Waals surface area contributed by atoms with Gasteiger partial charge < -0.3 is 29.5 Å². The second kappa shape index (κ2) is 9.73. The Labute approximate surface area is 163 Å². The summed E-state index contributed by atoms with van der Waals surface area (Å²) in [5.74, 6) is 0.406. The van der Waals surface area contributed by atoms with E-state index in [0.717, 1.165) is 0 Å². The monoisotopic (exact) mass is 416 g/mol. The van der Waals surface area contributed by atoms with E-state index >= 15 is 0 Å². The molecule has 2 rings (SSSR count). The van der Waals surface area contributed by atoms with Crippen molar-refractivity contribution in [2.24, 2.45) is 5.92 Å². The minimum absolute atomic E-state index is 0.197. The second-order valence-electron chi connectivity index (χ2n) is 7.00. The Kier molecular flexibility index (Phi) is 7.87. The van der Waals surface area contributed by atoms with Gasteiger partial charge in [-0.05, 0) is 26.2 Å². The Balaban J connectivity index is 2.16. The third kappa shape index (κ3) is 6.20. The molecule has 11 nitrogen and oxygen atoms in total. The van der Waals surface area contributed by atoms with Crippen molar-refractivity contribution in [2.45, 2.75) is 52.6 Å². The maximum atomic E-state index is 11.9. The molecule has 0 saturated carbocycles. The summed E-state index contributed by atoms with van der Waals surface area (Å²) in [6.45, 7) is 6.48. The number of ether oxygens (including phenoxy) is 1. The number of phosphoric acid groups is 1. The average molecular weight is 416 g/mol. The lowest BCUT2D eigenvalue weighted by molar-refractivity contribution is -0.232. The number of anilines is 1. The molecule has 0 spiro atoms. The molecular formula is C16H27N5O6P-. The molecule has 28 heavy (non-hydrogen) atoms. The standard InChI is InChI=1S/C16H28N5O6P/c1-10(2)5-12(7-25-28(23,24)27-11(3)4)26-13(6-22)21-9-20-14-15(17)18-8-19-16(14)21/h8-13,22H,5-7H2,1-4H3,(H,23,24)(H2,17,18,19)/p-1/t12-,13-/m1/s1. The summed E-state index contributed by atoms with van der Waals surface area (Å²) in [4.78, 5) is 24.0. The highest BCUT2D eigenvalue weighted by molar-refractivity contribution is 7.45. The van der Waals surface area contributed by atoms with Crippen molar-refractivity contribution in [3.05, 3.63) is 12.7 Å². The first-order valence-corrected chi connectivity index (χ1v) is 10.4. The number of fused-ring (bicyclic) bond motifs is 1. The van der Waals surface area contributed by atoms with Crippen LogP contribution in [0.5, 0.6) is 0 Å². The second-order valence-corrected chi connectivity index (χ2v) is 8.37. The van der Waals surface area contributed by atoms with E-state index in [9.17, 15) is 14.6 Å². The number of phosphoric ester groups is 1. The molecule has 2 aromatic heterocycles. The van der Waals surface area contributed by atoms with Crippen LogP contribution in [0.4, 0.5) is 5.82 Å². The van der Waals surface area contributed by atoms with Crippen LogP contribution in [0.1, 0.15) is 40.3 Å². The van der Waals surface area contributed by atoms with Crippen LogP contribution in [-0.2, 0) is 18.3 Å². The zero-order valence-electron chi connectivity index (χ0n) is 16.4. The molecule has 158 valence electrons. The van der Waals surface area contributed by atoms with E-state index in [2.05, 4.69) is 15.0 Å². The summed E-state index contributed by atoms with van der Waals surface area (Å²) in [6.07, 6.45) is 1.22. The minimum Gasteiger partial charge on any atom is -0.756 e. The first-order valence-electron chi connectivity index (χ1n) is 8.96. The fourth-order valence-electron chi connectivity index (χ4n) is 2.65. The third-order valence-electron chi connectivity index (χ3n) is 3.70. The van der Waals surface area contributed by atoms with E-state index in [1.54, 1.807) is 13.8 Å². The fraction of sp³-hybridized carbons (Fsp3) is 0.688. The van der Waals surface area contributed by atoms with Crippen LogP contribution in [0.15, 0.2) is 12.7 Å². The van der Waals surface area contributed by atoms with Gasteiger partial charge in [-0.3, -0.25) is 9.13 Å². The molecule has 0 bridgehead atoms. The number of aromatic nitrogens is 4. The summed E-state index contributed by atoms with van der Waals surface area (Å²) >= 11 is 0. The number of hydrogen-bond acceptors (Lipinski definition) is 10. The van der Waals surface area contributed by atoms with E-state index < -0.39 is 26.3 Å². The topological polar surface area (TPSA) is 158 Å². The molecular weight excluding hydrogens is 389 g/mol. The van der Waals surface area contributed by atoms with Crippen molar-refractivity contribution in [1.82, 2.24) is 19.5 Å². The van der Waals surface area contributed by atoms with Crippen LogP contribution in [-0.4, -0.2) is 50.0 Å². The summed E-state index contributed by atoms with van der Waals surface area (Å²) in [5, 5.41) is 9.83. The molecule has 0 aromatic carbocycles. The Morgan fingerprint density at radius 3 is 2.61 bits per heavy atom.